The van der Waals surface area contributed by atoms with Crippen molar-refractivity contribution < 1.29 is 26.5 Å². The molecule has 1 aliphatic rings. The van der Waals surface area contributed by atoms with Crippen LogP contribution in [0, 0.1) is 0 Å². The largest absolute Gasteiger partial charge is 1.00 e. The molecule has 7 heteroatoms. The van der Waals surface area contributed by atoms with Crippen LogP contribution in [0.4, 0.5) is 5.69 Å². The van der Waals surface area contributed by atoms with Gasteiger partial charge in [-0.1, -0.05) is 30.3 Å². The molecule has 0 spiro atoms. The quantitative estimate of drug-likeness (QED) is 0.645. The van der Waals surface area contributed by atoms with Gasteiger partial charge in [0.25, 0.3) is 0 Å². The molecule has 0 amide bonds. The third kappa shape index (κ3) is 5.25. The van der Waals surface area contributed by atoms with Gasteiger partial charge >= 0.3 is 0 Å². The molecule has 0 radical (unpaired) electrons. The smallest absolute Gasteiger partial charge is 0.182 e. The first-order valence-electron chi connectivity index (χ1n) is 7.98. The molecule has 26 heavy (non-hydrogen) atoms. The predicted molar refractivity (Wildman–Crippen MR) is 104 cm³/mol. The number of methoxy groups -OCH3 is 1. The van der Waals surface area contributed by atoms with Crippen LogP contribution in [0.3, 0.4) is 0 Å². The molecule has 0 N–H and O–H groups in total. The molecule has 0 aromatic heterocycles. The van der Waals surface area contributed by atoms with Crippen LogP contribution in [-0.2, 0) is 0 Å². The Morgan fingerprint density at radius 2 is 1.88 bits per heavy atom. The zero-order valence-electron chi connectivity index (χ0n) is 14.5. The number of nitrogens with zero attached hydrogens (tertiary/aromatic N) is 2. The van der Waals surface area contributed by atoms with E-state index in [4.69, 9.17) is 16.3 Å². The van der Waals surface area contributed by atoms with Crippen LogP contribution in [0.25, 0.3) is 0 Å². The van der Waals surface area contributed by atoms with E-state index in [1.54, 1.807) is 43.1 Å². The molecule has 4 nitrogen and oxygen atoms in total. The normalized spacial score (nSPS) is 17.9. The SMILES string of the molecule is COc1ccc(C(=O)CN2CC(C)SC2=Nc2ccc(Cl)cc2)cc1.[Br-]. The van der Waals surface area contributed by atoms with Gasteiger partial charge < -0.3 is 26.6 Å². The van der Waals surface area contributed by atoms with Crippen molar-refractivity contribution in [2.45, 2.75) is 12.2 Å². The highest BCUT2D eigenvalue weighted by Crippen LogP contribution is 2.28. The van der Waals surface area contributed by atoms with Gasteiger partial charge in [-0.3, -0.25) is 4.79 Å². The minimum atomic E-state index is 0. The van der Waals surface area contributed by atoms with Crippen LogP contribution in [0.5, 0.6) is 5.75 Å². The fourth-order valence-electron chi connectivity index (χ4n) is 2.58. The van der Waals surface area contributed by atoms with Gasteiger partial charge in [-0.2, -0.15) is 0 Å². The molecule has 1 saturated heterocycles. The first kappa shape index (κ1) is 20.8. The number of halogens is 2. The van der Waals surface area contributed by atoms with Crippen LogP contribution in [0.2, 0.25) is 5.02 Å². The summed E-state index contributed by atoms with van der Waals surface area (Å²) in [5.74, 6) is 0.813. The highest BCUT2D eigenvalue weighted by Gasteiger charge is 2.27. The Labute approximate surface area is 173 Å². The molecule has 0 bridgehead atoms. The third-order valence-electron chi connectivity index (χ3n) is 3.85. The molecule has 2 aromatic rings. The van der Waals surface area contributed by atoms with Crippen molar-refractivity contribution in [2.75, 3.05) is 20.2 Å². The molecule has 0 aliphatic carbocycles. The van der Waals surface area contributed by atoms with Crippen molar-refractivity contribution >= 4 is 40.0 Å². The minimum absolute atomic E-state index is 0. The van der Waals surface area contributed by atoms with E-state index in [0.29, 0.717) is 22.4 Å². The Morgan fingerprint density at radius 1 is 1.23 bits per heavy atom. The van der Waals surface area contributed by atoms with Crippen molar-refractivity contribution in [3.8, 4) is 5.75 Å². The second-order valence-electron chi connectivity index (χ2n) is 5.83. The number of amidine groups is 1. The average molecular weight is 455 g/mol. The maximum atomic E-state index is 12.6. The summed E-state index contributed by atoms with van der Waals surface area (Å²) in [4.78, 5) is 19.3. The molecule has 1 unspecified atom stereocenters. The number of ether oxygens (including phenoxy) is 1. The Bertz CT molecular complexity index is 781. The van der Waals surface area contributed by atoms with Crippen LogP contribution in [0.1, 0.15) is 17.3 Å². The van der Waals surface area contributed by atoms with Crippen LogP contribution < -0.4 is 21.7 Å². The number of hydrogen-bond donors (Lipinski definition) is 0. The fraction of sp³-hybridized carbons (Fsp3) is 0.263. The van der Waals surface area contributed by atoms with E-state index >= 15 is 0 Å². The predicted octanol–water partition coefficient (Wildman–Crippen LogP) is 1.66. The number of carbonyl (C=O) groups is 1. The summed E-state index contributed by atoms with van der Waals surface area (Å²) in [7, 11) is 1.61. The molecule has 2 aromatic carbocycles. The number of benzene rings is 2. The summed E-state index contributed by atoms with van der Waals surface area (Å²) in [5, 5.41) is 1.95. The summed E-state index contributed by atoms with van der Waals surface area (Å²) in [6.07, 6.45) is 0. The van der Waals surface area contributed by atoms with E-state index in [9.17, 15) is 4.79 Å². The number of Topliss-reactive ketones (excluding diaryl/α,β-unsaturated/α-hetero) is 1. The lowest BCUT2D eigenvalue weighted by Crippen LogP contribution is -3.00. The highest BCUT2D eigenvalue weighted by molar-refractivity contribution is 8.14. The zero-order valence-corrected chi connectivity index (χ0v) is 17.6. The van der Waals surface area contributed by atoms with Gasteiger partial charge in [0.15, 0.2) is 11.0 Å². The molecule has 1 heterocycles. The number of rotatable bonds is 5. The summed E-state index contributed by atoms with van der Waals surface area (Å²) >= 11 is 7.61. The monoisotopic (exact) mass is 453 g/mol. The lowest BCUT2D eigenvalue weighted by Gasteiger charge is -2.17. The van der Waals surface area contributed by atoms with Gasteiger partial charge in [0, 0.05) is 22.4 Å². The third-order valence-corrected chi connectivity index (χ3v) is 5.22. The summed E-state index contributed by atoms with van der Waals surface area (Å²) < 4.78 is 5.13. The molecule has 1 fully saturated rings. The first-order chi connectivity index (χ1) is 12.0. The van der Waals surface area contributed by atoms with Gasteiger partial charge in [-0.25, -0.2) is 4.99 Å². The Hall–Kier alpha value is -1.50. The maximum Gasteiger partial charge on any atom is 0.182 e. The van der Waals surface area contributed by atoms with Gasteiger partial charge in [0.05, 0.1) is 19.3 Å². The summed E-state index contributed by atoms with van der Waals surface area (Å²) in [5.41, 5.74) is 1.51. The topological polar surface area (TPSA) is 41.9 Å². The Morgan fingerprint density at radius 3 is 2.50 bits per heavy atom. The van der Waals surface area contributed by atoms with Crippen LogP contribution >= 0.6 is 23.4 Å². The summed E-state index contributed by atoms with van der Waals surface area (Å²) in [6.45, 7) is 3.26. The average Bonchev–Trinajstić information content (AvgIpc) is 2.96. The summed E-state index contributed by atoms with van der Waals surface area (Å²) in [6, 6.07) is 14.6. The maximum absolute atomic E-state index is 12.6. The van der Waals surface area contributed by atoms with E-state index in [2.05, 4.69) is 11.9 Å². The Balaban J connectivity index is 0.00000243. The minimum Gasteiger partial charge on any atom is -1.00 e. The van der Waals surface area contributed by atoms with Gasteiger partial charge in [-0.05, 0) is 48.5 Å². The van der Waals surface area contributed by atoms with Gasteiger partial charge in [-0.15, -0.1) is 0 Å². The first-order valence-corrected chi connectivity index (χ1v) is 9.24. The molecule has 0 saturated carbocycles. The van der Waals surface area contributed by atoms with E-state index in [1.807, 2.05) is 29.2 Å². The number of ketones is 1. The lowest BCUT2D eigenvalue weighted by molar-refractivity contribution is -0.0000131. The highest BCUT2D eigenvalue weighted by atomic mass is 79.9. The zero-order chi connectivity index (χ0) is 17.8. The van der Waals surface area contributed by atoms with E-state index in [0.717, 1.165) is 23.1 Å². The van der Waals surface area contributed by atoms with Gasteiger partial charge in [0.2, 0.25) is 0 Å². The molecular formula is C19H19BrClN2O2S-. The Kier molecular flexibility index (Phi) is 7.55. The van der Waals surface area contributed by atoms with E-state index in [1.165, 1.54) is 0 Å². The van der Waals surface area contributed by atoms with Crippen molar-refractivity contribution in [1.29, 1.82) is 0 Å². The fourth-order valence-corrected chi connectivity index (χ4v) is 3.76. The lowest BCUT2D eigenvalue weighted by atomic mass is 10.1. The number of aliphatic imine (C=N–C) groups is 1. The van der Waals surface area contributed by atoms with Crippen LogP contribution in [0.15, 0.2) is 53.5 Å². The van der Waals surface area contributed by atoms with Crippen molar-refractivity contribution in [3.63, 3.8) is 0 Å². The standard InChI is InChI=1S/C19H19ClN2O2S.BrH/c1-13-11-22(12-18(23)14-3-9-17(24-2)10-4-14)19(25-13)21-16-7-5-15(20)6-8-16;/h3-10,13H,11-12H2,1-2H3;1H/p-1. The second kappa shape index (κ2) is 9.44. The molecule has 3 rings (SSSR count). The second-order valence-corrected chi connectivity index (χ2v) is 7.67. The molecular weight excluding hydrogens is 436 g/mol. The molecule has 1 atom stereocenters. The number of thioether (sulfide) groups is 1. The van der Waals surface area contributed by atoms with Gasteiger partial charge in [0.1, 0.15) is 5.75 Å². The van der Waals surface area contributed by atoms with Crippen molar-refractivity contribution in [1.82, 2.24) is 4.90 Å². The van der Waals surface area contributed by atoms with E-state index in [-0.39, 0.29) is 22.8 Å². The molecule has 138 valence electrons. The van der Waals surface area contributed by atoms with Crippen molar-refractivity contribution in [3.05, 3.63) is 59.1 Å². The number of hydrogen-bond acceptors (Lipinski definition) is 4. The number of carbonyl (C=O) groups excluding carboxylic acids is 1. The molecule has 1 aliphatic heterocycles. The van der Waals surface area contributed by atoms with Crippen molar-refractivity contribution in [2.24, 2.45) is 4.99 Å². The van der Waals surface area contributed by atoms with E-state index < -0.39 is 0 Å². The van der Waals surface area contributed by atoms with Crippen LogP contribution in [-0.4, -0.2) is 41.3 Å².